The smallest absolute Gasteiger partial charge is 0.0725 e. The number of allylic oxidation sites excluding steroid dienone is 4. The molecule has 0 aliphatic heterocycles. The van der Waals surface area contributed by atoms with Crippen LogP contribution in [0.15, 0.2) is 34.5 Å². The van der Waals surface area contributed by atoms with Gasteiger partial charge in [-0.2, -0.15) is 17.2 Å². The van der Waals surface area contributed by atoms with Gasteiger partial charge >= 0.3 is 0 Å². The molecule has 0 N–H and O–H groups in total. The molecule has 0 amide bonds. The van der Waals surface area contributed by atoms with Crippen LogP contribution in [0, 0.1) is 12.0 Å². The SMILES string of the molecule is CC1=CC(C)[C-]=C1c1ccco1.[Zr]. The van der Waals surface area contributed by atoms with E-state index in [4.69, 9.17) is 4.42 Å². The predicted molar refractivity (Wildman–Crippen MR) is 48.3 cm³/mol. The van der Waals surface area contributed by atoms with Crippen molar-refractivity contribution in [1.29, 1.82) is 0 Å². The van der Waals surface area contributed by atoms with E-state index in [1.807, 2.05) is 12.1 Å². The molecule has 2 rings (SSSR count). The first kappa shape index (κ1) is 10.7. The van der Waals surface area contributed by atoms with Crippen LogP contribution >= 0.6 is 0 Å². The van der Waals surface area contributed by atoms with Gasteiger partial charge in [0.15, 0.2) is 0 Å². The van der Waals surface area contributed by atoms with Crippen molar-refractivity contribution >= 4 is 5.57 Å². The van der Waals surface area contributed by atoms with Gasteiger partial charge < -0.3 is 4.42 Å². The van der Waals surface area contributed by atoms with E-state index in [1.54, 1.807) is 6.26 Å². The molecule has 1 aromatic rings. The molecule has 0 saturated carbocycles. The molecule has 0 saturated heterocycles. The second-order valence-corrected chi connectivity index (χ2v) is 3.13. The van der Waals surface area contributed by atoms with E-state index in [1.165, 1.54) is 5.57 Å². The molecular weight excluding hydrogens is 239 g/mol. The molecule has 0 aromatic carbocycles. The standard InChI is InChI=1S/C11H11O.Zr/c1-8-6-9(2)10(7-8)11-4-3-5-12-11;/h3-6,8H,1-2H3;/q-1;. The molecule has 0 spiro atoms. The predicted octanol–water partition coefficient (Wildman–Crippen LogP) is 3.06. The molecular formula is C11H11OZr-. The van der Waals surface area contributed by atoms with Gasteiger partial charge in [0.25, 0.3) is 0 Å². The molecule has 0 bridgehead atoms. The molecule has 0 fully saturated rings. The Morgan fingerprint density at radius 2 is 2.23 bits per heavy atom. The summed E-state index contributed by atoms with van der Waals surface area (Å²) in [6, 6.07) is 3.87. The zero-order valence-electron chi connectivity index (χ0n) is 7.79. The van der Waals surface area contributed by atoms with E-state index in [-0.39, 0.29) is 26.2 Å². The van der Waals surface area contributed by atoms with E-state index in [9.17, 15) is 0 Å². The summed E-state index contributed by atoms with van der Waals surface area (Å²) in [5.41, 5.74) is 2.38. The van der Waals surface area contributed by atoms with E-state index in [0.29, 0.717) is 5.92 Å². The van der Waals surface area contributed by atoms with Crippen LogP contribution in [-0.2, 0) is 26.2 Å². The molecule has 1 atom stereocenters. The van der Waals surface area contributed by atoms with E-state index < -0.39 is 0 Å². The summed E-state index contributed by atoms with van der Waals surface area (Å²) in [6.07, 6.45) is 7.22. The molecule has 1 aliphatic carbocycles. The Morgan fingerprint density at radius 1 is 1.46 bits per heavy atom. The Bertz CT molecular complexity index is 333. The normalized spacial score (nSPS) is 20.6. The van der Waals surface area contributed by atoms with Gasteiger partial charge in [-0.25, -0.2) is 0 Å². The average Bonchev–Trinajstić information content (AvgIpc) is 2.58. The topological polar surface area (TPSA) is 13.1 Å². The van der Waals surface area contributed by atoms with Crippen molar-refractivity contribution < 1.29 is 30.6 Å². The first-order valence-corrected chi connectivity index (χ1v) is 4.13. The third kappa shape index (κ3) is 2.11. The van der Waals surface area contributed by atoms with Gasteiger partial charge in [-0.1, -0.05) is 25.8 Å². The first-order valence-electron chi connectivity index (χ1n) is 4.13. The van der Waals surface area contributed by atoms with Crippen LogP contribution in [0.25, 0.3) is 5.57 Å². The minimum atomic E-state index is 0. The summed E-state index contributed by atoms with van der Waals surface area (Å²) in [6.45, 7) is 4.22. The maximum atomic E-state index is 5.30. The van der Waals surface area contributed by atoms with Gasteiger partial charge in [-0.3, -0.25) is 0 Å². The van der Waals surface area contributed by atoms with Crippen LogP contribution in [0.3, 0.4) is 0 Å². The van der Waals surface area contributed by atoms with Crippen LogP contribution in [0.5, 0.6) is 0 Å². The van der Waals surface area contributed by atoms with E-state index in [0.717, 1.165) is 11.3 Å². The minimum absolute atomic E-state index is 0. The third-order valence-electron chi connectivity index (χ3n) is 2.03. The fourth-order valence-corrected chi connectivity index (χ4v) is 1.53. The monoisotopic (exact) mass is 249 g/mol. The fraction of sp³-hybridized carbons (Fsp3) is 0.273. The molecule has 1 aliphatic rings. The Labute approximate surface area is 97.6 Å². The summed E-state index contributed by atoms with van der Waals surface area (Å²) in [4.78, 5) is 0. The van der Waals surface area contributed by atoms with Crippen LogP contribution < -0.4 is 0 Å². The van der Waals surface area contributed by atoms with Gasteiger partial charge in [-0.15, -0.1) is 6.08 Å². The molecule has 13 heavy (non-hydrogen) atoms. The van der Waals surface area contributed by atoms with Crippen molar-refractivity contribution in [2.24, 2.45) is 5.92 Å². The van der Waals surface area contributed by atoms with Gasteiger partial charge in [0.1, 0.15) is 0 Å². The van der Waals surface area contributed by atoms with Crippen molar-refractivity contribution in [3.63, 3.8) is 0 Å². The van der Waals surface area contributed by atoms with E-state index >= 15 is 0 Å². The second kappa shape index (κ2) is 4.24. The average molecular weight is 250 g/mol. The maximum Gasteiger partial charge on any atom is 0.0725 e. The maximum absolute atomic E-state index is 5.30. The van der Waals surface area contributed by atoms with Crippen LogP contribution in [0.4, 0.5) is 0 Å². The Balaban J connectivity index is 0.000000845. The second-order valence-electron chi connectivity index (χ2n) is 3.13. The molecule has 66 valence electrons. The summed E-state index contributed by atoms with van der Waals surface area (Å²) in [5.74, 6) is 1.35. The largest absolute Gasteiger partial charge is 0.523 e. The Hall–Kier alpha value is -0.357. The Morgan fingerprint density at radius 3 is 2.69 bits per heavy atom. The van der Waals surface area contributed by atoms with Crippen molar-refractivity contribution in [3.8, 4) is 0 Å². The van der Waals surface area contributed by atoms with Gasteiger partial charge in [-0.05, 0) is 6.07 Å². The Kier molecular flexibility index (Phi) is 3.49. The van der Waals surface area contributed by atoms with Crippen LogP contribution in [0.1, 0.15) is 19.6 Å². The molecule has 1 aromatic heterocycles. The summed E-state index contributed by atoms with van der Waals surface area (Å²) in [5, 5.41) is 0. The van der Waals surface area contributed by atoms with Crippen LogP contribution in [-0.4, -0.2) is 0 Å². The molecule has 1 unspecified atom stereocenters. The summed E-state index contributed by atoms with van der Waals surface area (Å²) >= 11 is 0. The molecule has 0 radical (unpaired) electrons. The summed E-state index contributed by atoms with van der Waals surface area (Å²) < 4.78 is 5.30. The van der Waals surface area contributed by atoms with Crippen LogP contribution in [0.2, 0.25) is 0 Å². The number of furan rings is 1. The summed E-state index contributed by atoms with van der Waals surface area (Å²) in [7, 11) is 0. The van der Waals surface area contributed by atoms with Crippen molar-refractivity contribution in [1.82, 2.24) is 0 Å². The van der Waals surface area contributed by atoms with Crippen molar-refractivity contribution in [3.05, 3.63) is 41.9 Å². The number of hydrogen-bond acceptors (Lipinski definition) is 1. The molecule has 1 nitrogen and oxygen atoms in total. The zero-order valence-corrected chi connectivity index (χ0v) is 10.3. The molecule has 1 heterocycles. The van der Waals surface area contributed by atoms with Gasteiger partial charge in [0.2, 0.25) is 0 Å². The van der Waals surface area contributed by atoms with Gasteiger partial charge in [0.05, 0.1) is 6.26 Å². The van der Waals surface area contributed by atoms with Gasteiger partial charge in [0, 0.05) is 32.0 Å². The number of hydrogen-bond donors (Lipinski definition) is 0. The zero-order chi connectivity index (χ0) is 8.55. The minimum Gasteiger partial charge on any atom is -0.523 e. The quantitative estimate of drug-likeness (QED) is 0.698. The first-order chi connectivity index (χ1) is 5.77. The van der Waals surface area contributed by atoms with Crippen molar-refractivity contribution in [2.75, 3.05) is 0 Å². The third-order valence-corrected chi connectivity index (χ3v) is 2.03. The molecule has 2 heteroatoms. The van der Waals surface area contributed by atoms with E-state index in [2.05, 4.69) is 26.0 Å². The fourth-order valence-electron chi connectivity index (χ4n) is 1.53. The number of rotatable bonds is 1. The van der Waals surface area contributed by atoms with Crippen molar-refractivity contribution in [2.45, 2.75) is 13.8 Å².